The molecule has 128 valence electrons. The average molecular weight is 392 g/mol. The molecule has 0 fully saturated rings. The van der Waals surface area contributed by atoms with Gasteiger partial charge in [-0.05, 0) is 40.6 Å². The molecule has 25 heavy (non-hydrogen) atoms. The van der Waals surface area contributed by atoms with Gasteiger partial charge in [-0.25, -0.2) is 13.1 Å². The summed E-state index contributed by atoms with van der Waals surface area (Å²) in [5, 5.41) is 8.21. The molecule has 0 aliphatic heterocycles. The second-order valence-electron chi connectivity index (χ2n) is 5.30. The van der Waals surface area contributed by atoms with E-state index in [4.69, 9.17) is 0 Å². The summed E-state index contributed by atoms with van der Waals surface area (Å²) >= 11 is 2.56. The molecule has 0 radical (unpaired) electrons. The van der Waals surface area contributed by atoms with Crippen LogP contribution in [0.3, 0.4) is 0 Å². The van der Waals surface area contributed by atoms with Gasteiger partial charge in [-0.3, -0.25) is 4.68 Å². The van der Waals surface area contributed by atoms with Crippen LogP contribution in [0.5, 0.6) is 0 Å². The quantitative estimate of drug-likeness (QED) is 0.545. The lowest BCUT2D eigenvalue weighted by molar-refractivity contribution is 0.506. The van der Waals surface area contributed by atoms with Crippen molar-refractivity contribution in [1.82, 2.24) is 23.2 Å². The molecule has 4 aromatic rings. The Morgan fingerprint density at radius 3 is 2.88 bits per heavy atom. The zero-order valence-corrected chi connectivity index (χ0v) is 15.3. The van der Waals surface area contributed by atoms with Crippen LogP contribution in [-0.4, -0.2) is 33.5 Å². The highest BCUT2D eigenvalue weighted by Gasteiger charge is 2.23. The van der Waals surface area contributed by atoms with Crippen LogP contribution in [0.25, 0.3) is 11.0 Å². The number of hydrogen-bond donors (Lipinski definition) is 1. The summed E-state index contributed by atoms with van der Waals surface area (Å²) in [7, 11) is -3.72. The van der Waals surface area contributed by atoms with E-state index < -0.39 is 10.0 Å². The smallest absolute Gasteiger partial charge is 0.242 e. The third-order valence-electron chi connectivity index (χ3n) is 3.78. The normalized spacial score (nSPS) is 13.3. The molecule has 0 amide bonds. The molecule has 0 spiro atoms. The van der Waals surface area contributed by atoms with Crippen LogP contribution >= 0.6 is 23.1 Å². The molecule has 1 aromatic carbocycles. The summed E-state index contributed by atoms with van der Waals surface area (Å²) in [6, 6.07) is 8.52. The van der Waals surface area contributed by atoms with Gasteiger partial charge in [0.05, 0.1) is 17.8 Å². The van der Waals surface area contributed by atoms with Gasteiger partial charge < -0.3 is 0 Å². The van der Waals surface area contributed by atoms with Gasteiger partial charge in [0.15, 0.2) is 0 Å². The molecule has 0 unspecified atom stereocenters. The second-order valence-corrected chi connectivity index (χ2v) is 8.34. The summed E-state index contributed by atoms with van der Waals surface area (Å²) in [5.74, 6) is 0. The van der Waals surface area contributed by atoms with E-state index >= 15 is 0 Å². The maximum Gasteiger partial charge on any atom is 0.242 e. The maximum atomic E-state index is 12.8. The van der Waals surface area contributed by atoms with Crippen LogP contribution in [0.4, 0.5) is 0 Å². The van der Waals surface area contributed by atoms with Crippen molar-refractivity contribution in [2.24, 2.45) is 0 Å². The Hall–Kier alpha value is -2.14. The van der Waals surface area contributed by atoms with Crippen molar-refractivity contribution >= 4 is 44.1 Å². The minimum Gasteiger partial charge on any atom is -0.264 e. The summed E-state index contributed by atoms with van der Waals surface area (Å²) < 4.78 is 38.2. The van der Waals surface area contributed by atoms with Crippen molar-refractivity contribution in [2.75, 3.05) is 6.54 Å². The Balaban J connectivity index is 1.63. The number of thiophene rings is 1. The topological polar surface area (TPSA) is 89.8 Å². The zero-order valence-electron chi connectivity index (χ0n) is 12.8. The van der Waals surface area contributed by atoms with Gasteiger partial charge in [0, 0.05) is 18.9 Å². The van der Waals surface area contributed by atoms with Crippen molar-refractivity contribution in [1.29, 1.82) is 0 Å². The molecule has 0 aliphatic carbocycles. The highest BCUT2D eigenvalue weighted by molar-refractivity contribution is 7.89. The number of benzene rings is 1. The third kappa shape index (κ3) is 3.21. The summed E-state index contributed by atoms with van der Waals surface area (Å²) in [4.78, 5) is 0.142. The number of fused-ring (bicyclic) bond motifs is 1. The monoisotopic (exact) mass is 391 g/mol. The van der Waals surface area contributed by atoms with E-state index in [2.05, 4.69) is 18.6 Å². The van der Waals surface area contributed by atoms with Gasteiger partial charge in [0.1, 0.15) is 15.9 Å². The fraction of sp³-hybridized carbons (Fsp3) is 0.133. The summed E-state index contributed by atoms with van der Waals surface area (Å²) in [5.41, 5.74) is 1.98. The first kappa shape index (κ1) is 16.3. The standard InChI is InChI=1S/C15H13N5O2S3/c21-25(22,14-4-1-3-12-15(14)19-24-18-12)17-9-13(11-5-8-23-10-11)20-7-2-6-16-20/h1-8,10,13,17H,9H2/t13-/m0/s1. The van der Waals surface area contributed by atoms with E-state index in [-0.39, 0.29) is 17.5 Å². The fourth-order valence-corrected chi connectivity index (χ4v) is 5.07. The molecular formula is C15H13N5O2S3. The average Bonchev–Trinajstić information content (AvgIpc) is 3.36. The minimum atomic E-state index is -3.72. The first-order chi connectivity index (χ1) is 12.1. The highest BCUT2D eigenvalue weighted by Crippen LogP contribution is 2.23. The molecule has 0 bridgehead atoms. The van der Waals surface area contributed by atoms with Crippen LogP contribution in [0.1, 0.15) is 11.6 Å². The van der Waals surface area contributed by atoms with Crippen LogP contribution < -0.4 is 4.72 Å². The van der Waals surface area contributed by atoms with Gasteiger partial charge >= 0.3 is 0 Å². The lowest BCUT2D eigenvalue weighted by atomic mass is 10.1. The molecule has 10 heteroatoms. The molecule has 7 nitrogen and oxygen atoms in total. The number of aromatic nitrogens is 4. The SMILES string of the molecule is O=S(=O)(NC[C@@H](c1ccsc1)n1cccn1)c1cccc2nsnc12. The lowest BCUT2D eigenvalue weighted by Crippen LogP contribution is -2.31. The molecule has 1 N–H and O–H groups in total. The van der Waals surface area contributed by atoms with Crippen molar-refractivity contribution in [3.05, 3.63) is 59.0 Å². The Kier molecular flexibility index (Phi) is 4.34. The summed E-state index contributed by atoms with van der Waals surface area (Å²) in [6.45, 7) is 0.189. The van der Waals surface area contributed by atoms with Gasteiger partial charge in [0.2, 0.25) is 10.0 Å². The predicted molar refractivity (Wildman–Crippen MR) is 97.3 cm³/mol. The van der Waals surface area contributed by atoms with Crippen LogP contribution in [0.2, 0.25) is 0 Å². The van der Waals surface area contributed by atoms with Gasteiger partial charge in [0.25, 0.3) is 0 Å². The van der Waals surface area contributed by atoms with Crippen molar-refractivity contribution in [2.45, 2.75) is 10.9 Å². The Bertz CT molecular complexity index is 1040. The second kappa shape index (κ2) is 6.64. The molecule has 0 saturated carbocycles. The molecular weight excluding hydrogens is 378 g/mol. The van der Waals surface area contributed by atoms with Crippen LogP contribution in [0, 0.1) is 0 Å². The Labute approximate surface area is 152 Å². The lowest BCUT2D eigenvalue weighted by Gasteiger charge is -2.17. The largest absolute Gasteiger partial charge is 0.264 e. The molecule has 3 aromatic heterocycles. The van der Waals surface area contributed by atoms with Gasteiger partial charge in [-0.15, -0.1) is 0 Å². The van der Waals surface area contributed by atoms with E-state index in [0.29, 0.717) is 11.0 Å². The van der Waals surface area contributed by atoms with Crippen LogP contribution in [0.15, 0.2) is 58.4 Å². The van der Waals surface area contributed by atoms with Gasteiger partial charge in [-0.1, -0.05) is 6.07 Å². The van der Waals surface area contributed by atoms with E-state index in [1.807, 2.05) is 29.1 Å². The molecule has 0 saturated heterocycles. The van der Waals surface area contributed by atoms with Crippen molar-refractivity contribution in [3.8, 4) is 0 Å². The first-order valence-corrected chi connectivity index (χ1v) is 10.5. The Morgan fingerprint density at radius 1 is 1.20 bits per heavy atom. The number of hydrogen-bond acceptors (Lipinski definition) is 7. The van der Waals surface area contributed by atoms with Crippen LogP contribution in [-0.2, 0) is 10.0 Å². The van der Waals surface area contributed by atoms with Crippen molar-refractivity contribution in [3.63, 3.8) is 0 Å². The number of sulfonamides is 1. The van der Waals surface area contributed by atoms with Gasteiger partial charge in [-0.2, -0.15) is 25.2 Å². The summed E-state index contributed by atoms with van der Waals surface area (Å²) in [6.07, 6.45) is 3.50. The third-order valence-corrected chi connectivity index (χ3v) is 6.48. The first-order valence-electron chi connectivity index (χ1n) is 7.37. The molecule has 1 atom stereocenters. The zero-order chi connectivity index (χ0) is 17.3. The molecule has 3 heterocycles. The van der Waals surface area contributed by atoms with E-state index in [1.54, 1.807) is 40.4 Å². The van der Waals surface area contributed by atoms with Crippen molar-refractivity contribution < 1.29 is 8.42 Å². The Morgan fingerprint density at radius 2 is 2.12 bits per heavy atom. The predicted octanol–water partition coefficient (Wildman–Crippen LogP) is 2.52. The molecule has 0 aliphatic rings. The highest BCUT2D eigenvalue weighted by atomic mass is 32.2. The molecule has 4 rings (SSSR count). The number of nitrogens with zero attached hydrogens (tertiary/aromatic N) is 4. The number of rotatable bonds is 6. The van der Waals surface area contributed by atoms with E-state index in [0.717, 1.165) is 17.3 Å². The maximum absolute atomic E-state index is 12.8. The van der Waals surface area contributed by atoms with E-state index in [9.17, 15) is 8.42 Å². The fourth-order valence-electron chi connectivity index (χ4n) is 2.56. The van der Waals surface area contributed by atoms with E-state index in [1.165, 1.54) is 0 Å². The minimum absolute atomic E-state index is 0.142. The number of nitrogens with one attached hydrogen (secondary N) is 1.